The molecule has 1 aliphatic rings. The largest absolute Gasteiger partial charge is 0.496 e. The van der Waals surface area contributed by atoms with Gasteiger partial charge in [-0.15, -0.1) is 0 Å². The van der Waals surface area contributed by atoms with E-state index in [1.807, 2.05) is 18.2 Å². The van der Waals surface area contributed by atoms with Crippen molar-refractivity contribution in [3.63, 3.8) is 0 Å². The standard InChI is InChI=1S/C14H19NO2/c1-3-10-8-11(4-7-14(10)17-2)13(16)9-15-12-5-6-12/h4,7-8,12,15H,3,5-6,9H2,1-2H3. The molecule has 0 aliphatic heterocycles. The molecule has 1 aromatic rings. The number of benzene rings is 1. The first-order valence-electron chi connectivity index (χ1n) is 6.18. The average Bonchev–Trinajstić information content (AvgIpc) is 3.19. The highest BCUT2D eigenvalue weighted by Gasteiger charge is 2.21. The zero-order valence-corrected chi connectivity index (χ0v) is 10.5. The van der Waals surface area contributed by atoms with Crippen LogP contribution in [0, 0.1) is 0 Å². The summed E-state index contributed by atoms with van der Waals surface area (Å²) in [6.45, 7) is 2.51. The lowest BCUT2D eigenvalue weighted by Gasteiger charge is -2.09. The van der Waals surface area contributed by atoms with Crippen LogP contribution in [0.3, 0.4) is 0 Å². The molecule has 0 bridgehead atoms. The van der Waals surface area contributed by atoms with Crippen LogP contribution in [0.2, 0.25) is 0 Å². The van der Waals surface area contributed by atoms with Crippen molar-refractivity contribution >= 4 is 5.78 Å². The number of hydrogen-bond donors (Lipinski definition) is 1. The van der Waals surface area contributed by atoms with Gasteiger partial charge in [0.25, 0.3) is 0 Å². The van der Waals surface area contributed by atoms with Gasteiger partial charge < -0.3 is 10.1 Å². The summed E-state index contributed by atoms with van der Waals surface area (Å²) in [6, 6.07) is 6.23. The number of carbonyl (C=O) groups excluding carboxylic acids is 1. The van der Waals surface area contributed by atoms with Crippen LogP contribution in [-0.4, -0.2) is 25.5 Å². The molecule has 92 valence electrons. The van der Waals surface area contributed by atoms with Crippen LogP contribution in [-0.2, 0) is 6.42 Å². The molecular formula is C14H19NO2. The van der Waals surface area contributed by atoms with E-state index in [0.717, 1.165) is 23.3 Å². The van der Waals surface area contributed by atoms with Gasteiger partial charge in [0.15, 0.2) is 5.78 Å². The van der Waals surface area contributed by atoms with Gasteiger partial charge in [0.05, 0.1) is 13.7 Å². The van der Waals surface area contributed by atoms with Crippen molar-refractivity contribution in [2.45, 2.75) is 32.2 Å². The van der Waals surface area contributed by atoms with Crippen LogP contribution in [0.15, 0.2) is 18.2 Å². The summed E-state index contributed by atoms with van der Waals surface area (Å²) in [6.07, 6.45) is 3.28. The van der Waals surface area contributed by atoms with E-state index in [1.54, 1.807) is 7.11 Å². The quantitative estimate of drug-likeness (QED) is 0.765. The summed E-state index contributed by atoms with van der Waals surface area (Å²) < 4.78 is 5.25. The fraction of sp³-hybridized carbons (Fsp3) is 0.500. The Bertz CT molecular complexity index is 411. The molecular weight excluding hydrogens is 214 g/mol. The van der Waals surface area contributed by atoms with Crippen LogP contribution in [0.25, 0.3) is 0 Å². The monoisotopic (exact) mass is 233 g/mol. The third-order valence-electron chi connectivity index (χ3n) is 3.11. The lowest BCUT2D eigenvalue weighted by Crippen LogP contribution is -2.24. The van der Waals surface area contributed by atoms with Crippen molar-refractivity contribution in [3.8, 4) is 5.75 Å². The number of Topliss-reactive ketones (excluding diaryl/α,β-unsaturated/α-hetero) is 1. The Hall–Kier alpha value is -1.35. The van der Waals surface area contributed by atoms with E-state index in [9.17, 15) is 4.79 Å². The maximum Gasteiger partial charge on any atom is 0.176 e. The molecule has 1 N–H and O–H groups in total. The van der Waals surface area contributed by atoms with Crippen LogP contribution in [0.5, 0.6) is 5.75 Å². The molecule has 0 aromatic heterocycles. The molecule has 0 saturated heterocycles. The summed E-state index contributed by atoms with van der Waals surface area (Å²) in [5.41, 5.74) is 1.86. The highest BCUT2D eigenvalue weighted by Crippen LogP contribution is 2.21. The first-order chi connectivity index (χ1) is 8.24. The first-order valence-corrected chi connectivity index (χ1v) is 6.18. The van der Waals surface area contributed by atoms with Gasteiger partial charge in [0.1, 0.15) is 5.75 Å². The molecule has 1 saturated carbocycles. The van der Waals surface area contributed by atoms with E-state index in [0.29, 0.717) is 12.6 Å². The number of carbonyl (C=O) groups is 1. The van der Waals surface area contributed by atoms with Crippen molar-refractivity contribution in [1.29, 1.82) is 0 Å². The number of ketones is 1. The normalized spacial score (nSPS) is 14.7. The van der Waals surface area contributed by atoms with E-state index in [-0.39, 0.29) is 5.78 Å². The van der Waals surface area contributed by atoms with Crippen molar-refractivity contribution in [2.75, 3.05) is 13.7 Å². The second-order valence-corrected chi connectivity index (χ2v) is 4.46. The molecule has 1 aliphatic carbocycles. The molecule has 1 aromatic carbocycles. The topological polar surface area (TPSA) is 38.3 Å². The maximum atomic E-state index is 11.9. The number of ether oxygens (including phenoxy) is 1. The molecule has 17 heavy (non-hydrogen) atoms. The van der Waals surface area contributed by atoms with Crippen LogP contribution < -0.4 is 10.1 Å². The van der Waals surface area contributed by atoms with Crippen LogP contribution in [0.4, 0.5) is 0 Å². The average molecular weight is 233 g/mol. The Labute approximate surface area is 102 Å². The van der Waals surface area contributed by atoms with Gasteiger partial charge in [-0.05, 0) is 43.0 Å². The molecule has 0 atom stereocenters. The van der Waals surface area contributed by atoms with E-state index < -0.39 is 0 Å². The predicted octanol–water partition coefficient (Wildman–Crippen LogP) is 2.19. The van der Waals surface area contributed by atoms with Crippen molar-refractivity contribution in [1.82, 2.24) is 5.32 Å². The minimum absolute atomic E-state index is 0.161. The van der Waals surface area contributed by atoms with Gasteiger partial charge >= 0.3 is 0 Å². The minimum atomic E-state index is 0.161. The summed E-state index contributed by atoms with van der Waals surface area (Å²) in [5, 5.41) is 3.24. The molecule has 0 spiro atoms. The van der Waals surface area contributed by atoms with Crippen molar-refractivity contribution < 1.29 is 9.53 Å². The molecule has 2 rings (SSSR count). The van der Waals surface area contributed by atoms with Gasteiger partial charge in [0, 0.05) is 11.6 Å². The third-order valence-corrected chi connectivity index (χ3v) is 3.11. The third kappa shape index (κ3) is 3.07. The Kier molecular flexibility index (Phi) is 3.79. The molecule has 1 fully saturated rings. The number of aryl methyl sites for hydroxylation is 1. The zero-order chi connectivity index (χ0) is 12.3. The SMILES string of the molecule is CCc1cc(C(=O)CNC2CC2)ccc1OC. The summed E-state index contributed by atoms with van der Waals surface area (Å²) in [7, 11) is 1.66. The second-order valence-electron chi connectivity index (χ2n) is 4.46. The van der Waals surface area contributed by atoms with Crippen molar-refractivity contribution in [2.24, 2.45) is 0 Å². The zero-order valence-electron chi connectivity index (χ0n) is 10.5. The molecule has 0 amide bonds. The van der Waals surface area contributed by atoms with Gasteiger partial charge in [0.2, 0.25) is 0 Å². The first kappa shape index (κ1) is 12.1. The van der Waals surface area contributed by atoms with E-state index >= 15 is 0 Å². The number of methoxy groups -OCH3 is 1. The Morgan fingerprint density at radius 2 is 2.24 bits per heavy atom. The van der Waals surface area contributed by atoms with Gasteiger partial charge in [-0.2, -0.15) is 0 Å². The Balaban J connectivity index is 2.05. The van der Waals surface area contributed by atoms with Gasteiger partial charge in [-0.3, -0.25) is 4.79 Å². The molecule has 3 nitrogen and oxygen atoms in total. The predicted molar refractivity (Wildman–Crippen MR) is 67.7 cm³/mol. The lowest BCUT2D eigenvalue weighted by atomic mass is 10.0. The molecule has 0 heterocycles. The van der Waals surface area contributed by atoms with E-state index in [1.165, 1.54) is 12.8 Å². The maximum absolute atomic E-state index is 11.9. The highest BCUT2D eigenvalue weighted by molar-refractivity contribution is 5.98. The Morgan fingerprint density at radius 1 is 1.47 bits per heavy atom. The van der Waals surface area contributed by atoms with Crippen molar-refractivity contribution in [3.05, 3.63) is 29.3 Å². The highest BCUT2D eigenvalue weighted by atomic mass is 16.5. The number of hydrogen-bond acceptors (Lipinski definition) is 3. The Morgan fingerprint density at radius 3 is 2.82 bits per heavy atom. The molecule has 0 unspecified atom stereocenters. The fourth-order valence-electron chi connectivity index (χ4n) is 1.85. The number of rotatable bonds is 6. The lowest BCUT2D eigenvalue weighted by molar-refractivity contribution is 0.0990. The minimum Gasteiger partial charge on any atom is -0.496 e. The van der Waals surface area contributed by atoms with Gasteiger partial charge in [-0.25, -0.2) is 0 Å². The summed E-state index contributed by atoms with van der Waals surface area (Å²) in [4.78, 5) is 11.9. The summed E-state index contributed by atoms with van der Waals surface area (Å²) in [5.74, 6) is 1.02. The number of nitrogens with one attached hydrogen (secondary N) is 1. The smallest absolute Gasteiger partial charge is 0.176 e. The van der Waals surface area contributed by atoms with Crippen LogP contribution in [0.1, 0.15) is 35.7 Å². The second kappa shape index (κ2) is 5.32. The van der Waals surface area contributed by atoms with E-state index in [4.69, 9.17) is 4.74 Å². The fourth-order valence-corrected chi connectivity index (χ4v) is 1.85. The van der Waals surface area contributed by atoms with E-state index in [2.05, 4.69) is 12.2 Å². The van der Waals surface area contributed by atoms with Crippen LogP contribution >= 0.6 is 0 Å². The van der Waals surface area contributed by atoms with Gasteiger partial charge in [-0.1, -0.05) is 6.92 Å². The summed E-state index contributed by atoms with van der Waals surface area (Å²) >= 11 is 0. The molecule has 0 radical (unpaired) electrons. The molecule has 3 heteroatoms.